The zero-order chi connectivity index (χ0) is 13.1. The third-order valence-electron chi connectivity index (χ3n) is 2.76. The van der Waals surface area contributed by atoms with Gasteiger partial charge in [0.05, 0.1) is 5.69 Å². The van der Waals surface area contributed by atoms with Crippen molar-refractivity contribution in [1.82, 2.24) is 4.98 Å². The van der Waals surface area contributed by atoms with Gasteiger partial charge in [-0.3, -0.25) is 0 Å². The molecule has 0 bridgehead atoms. The molecule has 0 aliphatic heterocycles. The van der Waals surface area contributed by atoms with Crippen LogP contribution in [-0.4, -0.2) is 4.98 Å². The van der Waals surface area contributed by atoms with Crippen LogP contribution in [0.3, 0.4) is 0 Å². The van der Waals surface area contributed by atoms with E-state index < -0.39 is 0 Å². The lowest BCUT2D eigenvalue weighted by Gasteiger charge is -2.15. The van der Waals surface area contributed by atoms with Crippen LogP contribution >= 0.6 is 27.5 Å². The lowest BCUT2D eigenvalue weighted by Crippen LogP contribution is -2.08. The number of anilines is 1. The Morgan fingerprint density at radius 1 is 1.17 bits per heavy atom. The Labute approximate surface area is 121 Å². The maximum Gasteiger partial charge on any atom is 0.126 e. The van der Waals surface area contributed by atoms with Gasteiger partial charge in [0, 0.05) is 15.5 Å². The third-order valence-corrected chi connectivity index (χ3v) is 3.85. The summed E-state index contributed by atoms with van der Waals surface area (Å²) in [6, 6.07) is 12.0. The summed E-state index contributed by atoms with van der Waals surface area (Å²) in [7, 11) is 0. The second-order valence-corrected chi connectivity index (χ2v) is 5.47. The number of pyridine rings is 1. The quantitative estimate of drug-likeness (QED) is 0.861. The molecule has 1 unspecified atom stereocenters. The van der Waals surface area contributed by atoms with Gasteiger partial charge < -0.3 is 5.32 Å². The van der Waals surface area contributed by atoms with E-state index in [1.54, 1.807) is 0 Å². The molecule has 0 aliphatic rings. The van der Waals surface area contributed by atoms with Crippen LogP contribution in [0.5, 0.6) is 0 Å². The first-order chi connectivity index (χ1) is 8.56. The molecule has 18 heavy (non-hydrogen) atoms. The van der Waals surface area contributed by atoms with E-state index in [1.165, 1.54) is 5.56 Å². The minimum Gasteiger partial charge on any atom is -0.364 e. The number of benzene rings is 1. The lowest BCUT2D eigenvalue weighted by atomic mass is 10.1. The molecule has 0 amide bonds. The van der Waals surface area contributed by atoms with Gasteiger partial charge in [-0.25, -0.2) is 4.98 Å². The molecule has 1 atom stereocenters. The number of hydrogen-bond acceptors (Lipinski definition) is 2. The van der Waals surface area contributed by atoms with Crippen molar-refractivity contribution in [2.45, 2.75) is 19.9 Å². The molecular weight excluding hydrogens is 312 g/mol. The van der Waals surface area contributed by atoms with Crippen LogP contribution in [0, 0.1) is 6.92 Å². The molecule has 1 aromatic heterocycles. The highest BCUT2D eigenvalue weighted by Crippen LogP contribution is 2.22. The summed E-state index contributed by atoms with van der Waals surface area (Å²) in [4.78, 5) is 4.47. The average molecular weight is 326 g/mol. The Morgan fingerprint density at radius 2 is 1.83 bits per heavy atom. The highest BCUT2D eigenvalue weighted by molar-refractivity contribution is 9.10. The van der Waals surface area contributed by atoms with E-state index in [4.69, 9.17) is 11.6 Å². The molecule has 0 aliphatic carbocycles. The summed E-state index contributed by atoms with van der Waals surface area (Å²) in [5, 5.41) is 4.12. The predicted octanol–water partition coefficient (Wildman–Crippen LogP) is 4.98. The van der Waals surface area contributed by atoms with E-state index >= 15 is 0 Å². The van der Waals surface area contributed by atoms with Gasteiger partial charge in [0.15, 0.2) is 0 Å². The normalized spacial score (nSPS) is 12.2. The van der Waals surface area contributed by atoms with Crippen molar-refractivity contribution in [3.8, 4) is 0 Å². The lowest BCUT2D eigenvalue weighted by molar-refractivity contribution is 0.872. The van der Waals surface area contributed by atoms with Crippen molar-refractivity contribution in [2.75, 3.05) is 5.32 Å². The highest BCUT2D eigenvalue weighted by Gasteiger charge is 2.06. The van der Waals surface area contributed by atoms with Gasteiger partial charge in [0.25, 0.3) is 0 Å². The number of rotatable bonds is 3. The Hall–Kier alpha value is -1.06. The molecule has 4 heteroatoms. The van der Waals surface area contributed by atoms with Gasteiger partial charge in [0.1, 0.15) is 5.82 Å². The topological polar surface area (TPSA) is 24.9 Å². The van der Waals surface area contributed by atoms with Gasteiger partial charge in [0.2, 0.25) is 0 Å². The fraction of sp³-hybridized carbons (Fsp3) is 0.214. The zero-order valence-electron chi connectivity index (χ0n) is 10.2. The molecule has 0 radical (unpaired) electrons. The summed E-state index contributed by atoms with van der Waals surface area (Å²) in [6.07, 6.45) is 0. The standard InChI is InChI=1S/C14H14BrClN2/c1-9(11-3-5-12(16)6-4-11)17-14-8-7-13(15)10(2)18-14/h3-9H,1-2H3,(H,17,18). The largest absolute Gasteiger partial charge is 0.364 e. The van der Waals surface area contributed by atoms with Gasteiger partial charge in [-0.05, 0) is 59.6 Å². The molecule has 0 saturated carbocycles. The van der Waals surface area contributed by atoms with E-state index in [0.717, 1.165) is 21.0 Å². The van der Waals surface area contributed by atoms with Gasteiger partial charge in [-0.15, -0.1) is 0 Å². The van der Waals surface area contributed by atoms with Crippen LogP contribution in [-0.2, 0) is 0 Å². The summed E-state index contributed by atoms with van der Waals surface area (Å²) < 4.78 is 1.02. The van der Waals surface area contributed by atoms with Gasteiger partial charge >= 0.3 is 0 Å². The van der Waals surface area contributed by atoms with Crippen molar-refractivity contribution < 1.29 is 0 Å². The summed E-state index contributed by atoms with van der Waals surface area (Å²) in [5.74, 6) is 0.873. The van der Waals surface area contributed by atoms with Gasteiger partial charge in [-0.2, -0.15) is 0 Å². The molecule has 1 aromatic carbocycles. The van der Waals surface area contributed by atoms with Crippen molar-refractivity contribution in [3.63, 3.8) is 0 Å². The Kier molecular flexibility index (Phi) is 4.25. The van der Waals surface area contributed by atoms with E-state index in [0.29, 0.717) is 0 Å². The monoisotopic (exact) mass is 324 g/mol. The van der Waals surface area contributed by atoms with Crippen molar-refractivity contribution in [2.24, 2.45) is 0 Å². The molecule has 0 saturated heterocycles. The third kappa shape index (κ3) is 3.24. The molecule has 1 heterocycles. The number of nitrogens with zero attached hydrogens (tertiary/aromatic N) is 1. The molecule has 2 aromatic rings. The second-order valence-electron chi connectivity index (χ2n) is 4.18. The van der Waals surface area contributed by atoms with Crippen molar-refractivity contribution in [3.05, 3.63) is 57.2 Å². The Balaban J connectivity index is 2.13. The smallest absolute Gasteiger partial charge is 0.126 e. The van der Waals surface area contributed by atoms with Crippen LogP contribution in [0.4, 0.5) is 5.82 Å². The SMILES string of the molecule is Cc1nc(NC(C)c2ccc(Cl)cc2)ccc1Br. The Morgan fingerprint density at radius 3 is 2.44 bits per heavy atom. The number of halogens is 2. The summed E-state index contributed by atoms with van der Waals surface area (Å²) in [6.45, 7) is 4.07. The average Bonchev–Trinajstić information content (AvgIpc) is 2.34. The summed E-state index contributed by atoms with van der Waals surface area (Å²) in [5.41, 5.74) is 2.16. The maximum absolute atomic E-state index is 5.88. The fourth-order valence-electron chi connectivity index (χ4n) is 1.68. The molecule has 1 N–H and O–H groups in total. The van der Waals surface area contributed by atoms with Crippen molar-refractivity contribution in [1.29, 1.82) is 0 Å². The molecular formula is C14H14BrClN2. The maximum atomic E-state index is 5.88. The fourth-order valence-corrected chi connectivity index (χ4v) is 2.03. The minimum absolute atomic E-state index is 0.190. The minimum atomic E-state index is 0.190. The second kappa shape index (κ2) is 5.72. The predicted molar refractivity (Wildman–Crippen MR) is 80.2 cm³/mol. The number of nitrogens with one attached hydrogen (secondary N) is 1. The van der Waals surface area contributed by atoms with Crippen LogP contribution in [0.15, 0.2) is 40.9 Å². The first-order valence-electron chi connectivity index (χ1n) is 5.71. The molecule has 2 nitrogen and oxygen atoms in total. The number of aromatic nitrogens is 1. The Bertz CT molecular complexity index is 540. The van der Waals surface area contributed by atoms with Crippen LogP contribution in [0.1, 0.15) is 24.2 Å². The zero-order valence-corrected chi connectivity index (χ0v) is 12.6. The van der Waals surface area contributed by atoms with Crippen LogP contribution in [0.25, 0.3) is 0 Å². The summed E-state index contributed by atoms with van der Waals surface area (Å²) >= 11 is 9.32. The van der Waals surface area contributed by atoms with E-state index in [-0.39, 0.29) is 6.04 Å². The van der Waals surface area contributed by atoms with E-state index in [2.05, 4.69) is 33.2 Å². The number of aryl methyl sites for hydroxylation is 1. The van der Waals surface area contributed by atoms with E-state index in [9.17, 15) is 0 Å². The first-order valence-corrected chi connectivity index (χ1v) is 6.88. The van der Waals surface area contributed by atoms with Crippen LogP contribution < -0.4 is 5.32 Å². The van der Waals surface area contributed by atoms with Gasteiger partial charge in [-0.1, -0.05) is 23.7 Å². The molecule has 0 fully saturated rings. The molecule has 94 valence electrons. The molecule has 2 rings (SSSR count). The molecule has 0 spiro atoms. The first kappa shape index (κ1) is 13.4. The van der Waals surface area contributed by atoms with Crippen molar-refractivity contribution >= 4 is 33.3 Å². The number of hydrogen-bond donors (Lipinski definition) is 1. The highest BCUT2D eigenvalue weighted by atomic mass is 79.9. The van der Waals surface area contributed by atoms with E-state index in [1.807, 2.05) is 43.3 Å². The van der Waals surface area contributed by atoms with Crippen LogP contribution in [0.2, 0.25) is 5.02 Å².